The third kappa shape index (κ3) is 4.44. The van der Waals surface area contributed by atoms with Crippen LogP contribution in [0.1, 0.15) is 41.6 Å². The quantitative estimate of drug-likeness (QED) is 0.534. The monoisotopic (exact) mass is 427 g/mol. The van der Waals surface area contributed by atoms with Gasteiger partial charge in [0.05, 0.1) is 17.3 Å². The molecule has 1 fully saturated rings. The third-order valence-electron chi connectivity index (χ3n) is 5.69. The van der Waals surface area contributed by atoms with Crippen LogP contribution in [0, 0.1) is 0 Å². The average Bonchev–Trinajstić information content (AvgIpc) is 2.95. The zero-order valence-electron chi connectivity index (χ0n) is 17.0. The highest BCUT2D eigenvalue weighted by Gasteiger charge is 2.43. The number of nitrogens with two attached hydrogens (primary N) is 2. The second kappa shape index (κ2) is 8.25. The van der Waals surface area contributed by atoms with Crippen LogP contribution in [0.25, 0.3) is 0 Å². The van der Waals surface area contributed by atoms with Crippen molar-refractivity contribution in [1.82, 2.24) is 25.2 Å². The lowest BCUT2D eigenvalue weighted by Gasteiger charge is -2.27. The van der Waals surface area contributed by atoms with Gasteiger partial charge in [0, 0.05) is 45.1 Å². The maximum atomic E-state index is 12.7. The van der Waals surface area contributed by atoms with Crippen molar-refractivity contribution in [2.45, 2.75) is 37.7 Å². The molecule has 0 unspecified atom stereocenters. The molecule has 2 aromatic rings. The number of anilines is 2. The van der Waals surface area contributed by atoms with Gasteiger partial charge in [-0.05, 0) is 18.9 Å². The summed E-state index contributed by atoms with van der Waals surface area (Å²) in [5.74, 6) is 0.353. The Kier molecular flexibility index (Phi) is 5.49. The molecule has 0 aliphatic carbocycles. The molecule has 11 nitrogen and oxygen atoms in total. The molecular weight excluding hydrogens is 402 g/mol. The van der Waals surface area contributed by atoms with Crippen LogP contribution >= 0.6 is 0 Å². The Bertz CT molecular complexity index is 1020. The van der Waals surface area contributed by atoms with E-state index in [1.54, 1.807) is 4.90 Å². The topological polar surface area (TPSA) is 170 Å². The van der Waals surface area contributed by atoms with E-state index in [0.717, 1.165) is 18.4 Å². The first-order valence-corrected chi connectivity index (χ1v) is 10.2. The van der Waals surface area contributed by atoms with E-state index < -0.39 is 5.60 Å². The van der Waals surface area contributed by atoms with Gasteiger partial charge in [-0.3, -0.25) is 14.6 Å². The van der Waals surface area contributed by atoms with Crippen LogP contribution in [0.15, 0.2) is 18.5 Å². The third-order valence-corrected chi connectivity index (χ3v) is 5.69. The van der Waals surface area contributed by atoms with Crippen molar-refractivity contribution in [3.8, 4) is 11.6 Å². The summed E-state index contributed by atoms with van der Waals surface area (Å²) in [6.07, 6.45) is 5.59. The van der Waals surface area contributed by atoms with Gasteiger partial charge in [0.2, 0.25) is 17.7 Å². The molecule has 2 aliphatic rings. The first kappa shape index (κ1) is 20.6. The summed E-state index contributed by atoms with van der Waals surface area (Å²) in [5, 5.41) is 12.1. The molecule has 2 aromatic heterocycles. The number of aromatic hydroxyl groups is 1. The second-order valence-electron chi connectivity index (χ2n) is 7.88. The van der Waals surface area contributed by atoms with Gasteiger partial charge in [0.15, 0.2) is 0 Å². The van der Waals surface area contributed by atoms with Gasteiger partial charge in [-0.15, -0.1) is 0 Å². The van der Waals surface area contributed by atoms with Crippen molar-refractivity contribution in [2.75, 3.05) is 31.1 Å². The standard InChI is InChI=1S/C20H25N7O4/c21-16-14-9-20(31-18(14)26-19(22)25-16)3-1-6-27(7-4-20)15(29)2-5-24-17(30)12-8-13(28)11-23-10-12/h8,10-11,28H,1-7,9H2,(H,24,30)(H4,21,22,25,26)/t20-/m0/s1. The van der Waals surface area contributed by atoms with Crippen molar-refractivity contribution < 1.29 is 19.4 Å². The van der Waals surface area contributed by atoms with Crippen molar-refractivity contribution in [3.63, 3.8) is 0 Å². The minimum Gasteiger partial charge on any atom is -0.506 e. The minimum atomic E-state index is -0.454. The van der Waals surface area contributed by atoms with Crippen LogP contribution < -0.4 is 21.5 Å². The van der Waals surface area contributed by atoms with Gasteiger partial charge in [-0.25, -0.2) is 0 Å². The molecule has 4 rings (SSSR count). The lowest BCUT2D eigenvalue weighted by atomic mass is 9.90. The molecule has 2 aliphatic heterocycles. The molecule has 0 radical (unpaired) electrons. The van der Waals surface area contributed by atoms with Gasteiger partial charge < -0.3 is 31.5 Å². The molecule has 31 heavy (non-hydrogen) atoms. The van der Waals surface area contributed by atoms with E-state index in [2.05, 4.69) is 20.3 Å². The van der Waals surface area contributed by atoms with Crippen LogP contribution in [-0.4, -0.2) is 62.0 Å². The molecule has 0 bridgehead atoms. The summed E-state index contributed by atoms with van der Waals surface area (Å²) in [5.41, 5.74) is 12.2. The van der Waals surface area contributed by atoms with E-state index in [1.165, 1.54) is 18.5 Å². The predicted octanol–water partition coefficient (Wildman–Crippen LogP) is 0.248. The Balaban J connectivity index is 1.29. The van der Waals surface area contributed by atoms with Gasteiger partial charge in [-0.1, -0.05) is 0 Å². The number of ether oxygens (including phenoxy) is 1. The molecule has 164 valence electrons. The predicted molar refractivity (Wildman–Crippen MR) is 111 cm³/mol. The molecule has 0 aromatic carbocycles. The van der Waals surface area contributed by atoms with Crippen molar-refractivity contribution in [3.05, 3.63) is 29.6 Å². The van der Waals surface area contributed by atoms with E-state index in [-0.39, 0.29) is 42.0 Å². The number of carbonyl (C=O) groups excluding carboxylic acids is 2. The normalized spacial score (nSPS) is 20.1. The maximum absolute atomic E-state index is 12.7. The summed E-state index contributed by atoms with van der Waals surface area (Å²) in [4.78, 5) is 38.5. The number of rotatable bonds is 4. The van der Waals surface area contributed by atoms with Crippen LogP contribution in [-0.2, 0) is 11.2 Å². The van der Waals surface area contributed by atoms with Gasteiger partial charge in [0.25, 0.3) is 5.91 Å². The number of carbonyl (C=O) groups is 2. The molecule has 6 N–H and O–H groups in total. The second-order valence-corrected chi connectivity index (χ2v) is 7.88. The van der Waals surface area contributed by atoms with Crippen LogP contribution in [0.3, 0.4) is 0 Å². The van der Waals surface area contributed by atoms with Crippen molar-refractivity contribution in [2.24, 2.45) is 0 Å². The molecule has 1 saturated heterocycles. The fourth-order valence-corrected chi connectivity index (χ4v) is 4.10. The van der Waals surface area contributed by atoms with Gasteiger partial charge in [0.1, 0.15) is 17.2 Å². The van der Waals surface area contributed by atoms with Crippen LogP contribution in [0.2, 0.25) is 0 Å². The number of hydrogen-bond acceptors (Lipinski definition) is 9. The van der Waals surface area contributed by atoms with E-state index in [0.29, 0.717) is 37.6 Å². The van der Waals surface area contributed by atoms with E-state index in [4.69, 9.17) is 16.2 Å². The molecule has 0 saturated carbocycles. The molecule has 1 spiro atoms. The summed E-state index contributed by atoms with van der Waals surface area (Å²) in [6.45, 7) is 1.36. The Labute approximate surface area is 178 Å². The number of fused-ring (bicyclic) bond motifs is 1. The van der Waals surface area contributed by atoms with E-state index in [1.807, 2.05) is 0 Å². The van der Waals surface area contributed by atoms with Crippen LogP contribution in [0.5, 0.6) is 11.6 Å². The minimum absolute atomic E-state index is 0.0366. The Morgan fingerprint density at radius 1 is 1.23 bits per heavy atom. The molecule has 1 atom stereocenters. The number of likely N-dealkylation sites (tertiary alicyclic amines) is 1. The lowest BCUT2D eigenvalue weighted by molar-refractivity contribution is -0.131. The largest absolute Gasteiger partial charge is 0.506 e. The summed E-state index contributed by atoms with van der Waals surface area (Å²) in [6, 6.07) is 1.32. The summed E-state index contributed by atoms with van der Waals surface area (Å²) in [7, 11) is 0. The van der Waals surface area contributed by atoms with Crippen LogP contribution in [0.4, 0.5) is 11.8 Å². The highest BCUT2D eigenvalue weighted by atomic mass is 16.5. The first-order valence-electron chi connectivity index (χ1n) is 10.2. The lowest BCUT2D eigenvalue weighted by Crippen LogP contribution is -2.38. The molecule has 11 heteroatoms. The zero-order valence-corrected chi connectivity index (χ0v) is 17.0. The number of nitrogens with zero attached hydrogens (tertiary/aromatic N) is 4. The Morgan fingerprint density at radius 2 is 2.06 bits per heavy atom. The van der Waals surface area contributed by atoms with Crippen molar-refractivity contribution >= 4 is 23.6 Å². The molecule has 2 amide bonds. The first-order chi connectivity index (χ1) is 14.8. The van der Waals surface area contributed by atoms with Crippen molar-refractivity contribution in [1.29, 1.82) is 0 Å². The van der Waals surface area contributed by atoms with Gasteiger partial charge >= 0.3 is 0 Å². The highest BCUT2D eigenvalue weighted by Crippen LogP contribution is 2.42. The SMILES string of the molecule is Nc1nc(N)c2c(n1)O[C@]1(CCCN(C(=O)CCNC(=O)c3cncc(O)c3)CC1)C2. The Morgan fingerprint density at radius 3 is 2.87 bits per heavy atom. The number of nitrogens with one attached hydrogen (secondary N) is 1. The maximum Gasteiger partial charge on any atom is 0.252 e. The van der Waals surface area contributed by atoms with E-state index in [9.17, 15) is 14.7 Å². The number of nitrogen functional groups attached to an aromatic ring is 2. The average molecular weight is 427 g/mol. The fraction of sp³-hybridized carbons (Fsp3) is 0.450. The molecular formula is C20H25N7O4. The number of aromatic nitrogens is 3. The number of amides is 2. The highest BCUT2D eigenvalue weighted by molar-refractivity contribution is 5.94. The van der Waals surface area contributed by atoms with E-state index >= 15 is 0 Å². The van der Waals surface area contributed by atoms with Gasteiger partial charge in [-0.2, -0.15) is 9.97 Å². The fourth-order valence-electron chi connectivity index (χ4n) is 4.10. The zero-order chi connectivity index (χ0) is 22.0. The summed E-state index contributed by atoms with van der Waals surface area (Å²) < 4.78 is 6.14. The number of hydrogen-bond donors (Lipinski definition) is 4. The summed E-state index contributed by atoms with van der Waals surface area (Å²) >= 11 is 0. The molecule has 4 heterocycles. The number of pyridine rings is 1. The smallest absolute Gasteiger partial charge is 0.252 e. The Hall–Kier alpha value is -3.63.